The molecular weight excluding hydrogens is 218 g/mol. The Bertz CT molecular complexity index is 491. The normalized spacial score (nSPS) is 8.78. The zero-order valence-corrected chi connectivity index (χ0v) is 11.1. The van der Waals surface area contributed by atoms with E-state index in [-0.39, 0.29) is 0 Å². The van der Waals surface area contributed by atoms with Crippen molar-refractivity contribution < 1.29 is 0 Å². The molecule has 0 saturated carbocycles. The Balaban J connectivity index is 0.000000771. The van der Waals surface area contributed by atoms with Crippen molar-refractivity contribution in [1.82, 2.24) is 0 Å². The zero-order valence-electron chi connectivity index (χ0n) is 11.1. The fraction of sp³-hybridized carbons (Fsp3) is 0.176. The molecule has 0 fully saturated rings. The summed E-state index contributed by atoms with van der Waals surface area (Å²) in [5.74, 6) is 2.53. The minimum Gasteiger partial charge on any atom is -0.207 e. The van der Waals surface area contributed by atoms with Gasteiger partial charge in [0, 0.05) is 0 Å². The van der Waals surface area contributed by atoms with Crippen LogP contribution in [0.25, 0.3) is 0 Å². The molecule has 0 saturated heterocycles. The lowest BCUT2D eigenvalue weighted by Crippen LogP contribution is -1.86. The molecule has 0 aliphatic rings. The van der Waals surface area contributed by atoms with Crippen LogP contribution in [0.15, 0.2) is 66.2 Å². The van der Waals surface area contributed by atoms with Crippen LogP contribution in [0, 0.1) is 0 Å². The van der Waals surface area contributed by atoms with Crippen LogP contribution in [0.3, 0.4) is 0 Å². The van der Waals surface area contributed by atoms with E-state index in [4.69, 9.17) is 0 Å². The van der Waals surface area contributed by atoms with Gasteiger partial charge in [0.15, 0.2) is 0 Å². The van der Waals surface area contributed by atoms with Gasteiger partial charge in [0.1, 0.15) is 0 Å². The third kappa shape index (κ3) is 4.40. The van der Waals surface area contributed by atoms with Gasteiger partial charge in [-0.2, -0.15) is 0 Å². The molecule has 0 radical (unpaired) electrons. The van der Waals surface area contributed by atoms with Gasteiger partial charge in [0.2, 0.25) is 0 Å². The monoisotopic (exact) mass is 237 g/mol. The first kappa shape index (κ1) is 14.0. The predicted molar refractivity (Wildman–Crippen MR) is 79.8 cm³/mol. The lowest BCUT2D eigenvalue weighted by molar-refractivity contribution is 1.19. The van der Waals surface area contributed by atoms with E-state index >= 15 is 0 Å². The third-order valence-electron chi connectivity index (χ3n) is 2.40. The van der Waals surface area contributed by atoms with Crippen LogP contribution in [0.1, 0.15) is 25.0 Å². The molecule has 2 aromatic carbocycles. The molecule has 0 aliphatic carbocycles. The van der Waals surface area contributed by atoms with E-state index < -0.39 is 0 Å². The minimum atomic E-state index is 0.895. The van der Waals surface area contributed by atoms with Crippen LogP contribution in [-0.4, -0.2) is 5.87 Å². The molecule has 0 aromatic heterocycles. The van der Waals surface area contributed by atoms with Crippen LogP contribution >= 0.6 is 0 Å². The fourth-order valence-corrected chi connectivity index (χ4v) is 1.61. The minimum absolute atomic E-state index is 0.895. The van der Waals surface area contributed by atoms with Gasteiger partial charge in [-0.05, 0) is 42.1 Å². The molecule has 0 unspecified atom stereocenters. The Kier molecular flexibility index (Phi) is 6.24. The summed E-state index contributed by atoms with van der Waals surface area (Å²) in [5, 5.41) is 0. The molecule has 18 heavy (non-hydrogen) atoms. The third-order valence-corrected chi connectivity index (χ3v) is 2.40. The van der Waals surface area contributed by atoms with Crippen molar-refractivity contribution in [2.75, 3.05) is 0 Å². The molecule has 1 nitrogen and oxygen atoms in total. The summed E-state index contributed by atoms with van der Waals surface area (Å²) in [7, 11) is 0. The van der Waals surface area contributed by atoms with E-state index in [0.717, 1.165) is 12.1 Å². The van der Waals surface area contributed by atoms with E-state index in [1.807, 2.05) is 32.0 Å². The van der Waals surface area contributed by atoms with Crippen molar-refractivity contribution in [1.29, 1.82) is 0 Å². The molecule has 0 amide bonds. The molecule has 0 bridgehead atoms. The summed E-state index contributed by atoms with van der Waals surface area (Å²) in [5.41, 5.74) is 3.50. The Hall–Kier alpha value is -2.11. The maximum Gasteiger partial charge on any atom is 0.0729 e. The lowest BCUT2D eigenvalue weighted by Gasteiger charge is -2.01. The van der Waals surface area contributed by atoms with Gasteiger partial charge in [-0.3, -0.25) is 0 Å². The maximum absolute atomic E-state index is 3.99. The predicted octanol–water partition coefficient (Wildman–Crippen LogP) is 4.79. The van der Waals surface area contributed by atoms with Crippen molar-refractivity contribution in [3.63, 3.8) is 0 Å². The number of hydrogen-bond acceptors (Lipinski definition) is 1. The zero-order chi connectivity index (χ0) is 13.2. The number of benzene rings is 2. The molecule has 0 spiro atoms. The van der Waals surface area contributed by atoms with Crippen LogP contribution in [-0.2, 0) is 6.42 Å². The molecule has 2 aromatic rings. The fourth-order valence-electron chi connectivity index (χ4n) is 1.61. The van der Waals surface area contributed by atoms with Crippen molar-refractivity contribution in [2.24, 2.45) is 4.99 Å². The molecule has 0 aliphatic heterocycles. The summed E-state index contributed by atoms with van der Waals surface area (Å²) in [4.78, 5) is 3.99. The second-order valence-corrected chi connectivity index (χ2v) is 3.60. The smallest absolute Gasteiger partial charge is 0.0729 e. The Labute approximate surface area is 110 Å². The van der Waals surface area contributed by atoms with Crippen LogP contribution < -0.4 is 0 Å². The molecule has 2 rings (SSSR count). The Morgan fingerprint density at radius 2 is 1.44 bits per heavy atom. The van der Waals surface area contributed by atoms with E-state index in [1.54, 1.807) is 0 Å². The molecule has 0 atom stereocenters. The first-order chi connectivity index (χ1) is 8.88. The number of rotatable bonds is 3. The van der Waals surface area contributed by atoms with Gasteiger partial charge in [-0.15, -0.1) is 0 Å². The quantitative estimate of drug-likeness (QED) is 0.680. The Morgan fingerprint density at radius 1 is 0.889 bits per heavy atom. The van der Waals surface area contributed by atoms with Crippen molar-refractivity contribution in [3.05, 3.63) is 72.3 Å². The molecule has 0 heterocycles. The maximum atomic E-state index is 3.99. The summed E-state index contributed by atoms with van der Waals surface area (Å²) in [6.45, 7) is 7.45. The largest absolute Gasteiger partial charge is 0.207 e. The standard InChI is InChI=1S/C15H13N.C2H6/c1-2-16-15-10-8-14(9-11-15)12-13-6-4-3-5-7-13;1-2/h3-11H,1,12H2;1-2H3. The first-order valence-corrected chi connectivity index (χ1v) is 6.24. The van der Waals surface area contributed by atoms with Gasteiger partial charge in [-0.25, -0.2) is 4.99 Å². The average Bonchev–Trinajstić information content (AvgIpc) is 2.45. The summed E-state index contributed by atoms with van der Waals surface area (Å²) < 4.78 is 0. The molecule has 1 heteroatoms. The van der Waals surface area contributed by atoms with Gasteiger partial charge in [0.25, 0.3) is 0 Å². The van der Waals surface area contributed by atoms with Gasteiger partial charge in [-0.1, -0.05) is 56.3 Å². The van der Waals surface area contributed by atoms with Gasteiger partial charge >= 0.3 is 0 Å². The van der Waals surface area contributed by atoms with Gasteiger partial charge in [0.05, 0.1) is 5.69 Å². The number of nitrogens with zero attached hydrogens (tertiary/aromatic N) is 1. The van der Waals surface area contributed by atoms with Crippen LogP contribution in [0.5, 0.6) is 0 Å². The highest BCUT2D eigenvalue weighted by Gasteiger charge is 1.95. The summed E-state index contributed by atoms with van der Waals surface area (Å²) >= 11 is 0. The highest BCUT2D eigenvalue weighted by atomic mass is 14.7. The van der Waals surface area contributed by atoms with Crippen LogP contribution in [0.4, 0.5) is 5.69 Å². The average molecular weight is 237 g/mol. The Morgan fingerprint density at radius 3 is 2.00 bits per heavy atom. The second-order valence-electron chi connectivity index (χ2n) is 3.60. The topological polar surface area (TPSA) is 12.4 Å². The van der Waals surface area contributed by atoms with E-state index in [2.05, 4.69) is 53.8 Å². The van der Waals surface area contributed by atoms with Crippen molar-refractivity contribution >= 4 is 11.6 Å². The summed E-state index contributed by atoms with van der Waals surface area (Å²) in [6.07, 6.45) is 0.957. The number of aliphatic imine (C=N–C) groups is 1. The highest BCUT2D eigenvalue weighted by Crippen LogP contribution is 2.15. The number of hydrogen-bond donors (Lipinski definition) is 0. The molecule has 0 N–H and O–H groups in total. The first-order valence-electron chi connectivity index (χ1n) is 6.24. The van der Waals surface area contributed by atoms with Gasteiger partial charge < -0.3 is 0 Å². The van der Waals surface area contributed by atoms with E-state index in [9.17, 15) is 0 Å². The molecule has 92 valence electrons. The highest BCUT2D eigenvalue weighted by molar-refractivity contribution is 5.55. The summed E-state index contributed by atoms with van der Waals surface area (Å²) in [6, 6.07) is 18.6. The van der Waals surface area contributed by atoms with Crippen molar-refractivity contribution in [2.45, 2.75) is 20.3 Å². The molecular formula is C17H19N. The van der Waals surface area contributed by atoms with E-state index in [1.165, 1.54) is 11.1 Å². The van der Waals surface area contributed by atoms with Crippen LogP contribution in [0.2, 0.25) is 0 Å². The lowest BCUT2D eigenvalue weighted by atomic mass is 10.1. The second kappa shape index (κ2) is 8.05. The SMILES string of the molecule is C=C=Nc1ccc(Cc2ccccc2)cc1.CC. The van der Waals surface area contributed by atoms with E-state index in [0.29, 0.717) is 0 Å². The van der Waals surface area contributed by atoms with Crippen molar-refractivity contribution in [3.8, 4) is 0 Å².